The minimum atomic E-state index is -4.31. The summed E-state index contributed by atoms with van der Waals surface area (Å²) >= 11 is 1.48. The third-order valence-corrected chi connectivity index (χ3v) is 3.34. The fourth-order valence-electron chi connectivity index (χ4n) is 1.64. The van der Waals surface area contributed by atoms with Gasteiger partial charge in [-0.05, 0) is 40.1 Å². The maximum absolute atomic E-state index is 12.4. The van der Waals surface area contributed by atoms with E-state index in [0.717, 1.165) is 17.7 Å². The van der Waals surface area contributed by atoms with Crippen molar-refractivity contribution in [3.63, 3.8) is 0 Å². The van der Waals surface area contributed by atoms with Crippen molar-refractivity contribution in [1.82, 2.24) is 0 Å². The average molecular weight is 272 g/mol. The molecule has 1 heterocycles. The lowest BCUT2D eigenvalue weighted by atomic mass is 10.0. The highest BCUT2D eigenvalue weighted by molar-refractivity contribution is 7.07. The molecular weight excluding hydrogens is 261 g/mol. The van der Waals surface area contributed by atoms with E-state index in [4.69, 9.17) is 0 Å². The molecule has 0 aliphatic carbocycles. The summed E-state index contributed by atoms with van der Waals surface area (Å²) in [6.45, 7) is 0. The summed E-state index contributed by atoms with van der Waals surface area (Å²) < 4.78 is 37.1. The second kappa shape index (κ2) is 5.12. The summed E-state index contributed by atoms with van der Waals surface area (Å²) in [5, 5.41) is 13.6. The monoisotopic (exact) mass is 272 g/mol. The van der Waals surface area contributed by atoms with Gasteiger partial charge in [0.25, 0.3) is 0 Å². The Morgan fingerprint density at radius 2 is 1.78 bits per heavy atom. The molecule has 0 fully saturated rings. The van der Waals surface area contributed by atoms with Crippen molar-refractivity contribution < 1.29 is 18.3 Å². The molecule has 0 radical (unpaired) electrons. The number of aliphatic hydroxyl groups is 1. The molecule has 1 aromatic carbocycles. The van der Waals surface area contributed by atoms with Crippen molar-refractivity contribution in [2.45, 2.75) is 18.7 Å². The molecule has 1 nitrogen and oxygen atoms in total. The number of aliphatic hydroxyl groups excluding tert-OH is 1. The number of hydrogen-bond donors (Lipinski definition) is 1. The lowest BCUT2D eigenvalue weighted by molar-refractivity contribution is -0.137. The zero-order chi connectivity index (χ0) is 13.2. The number of hydrogen-bond acceptors (Lipinski definition) is 2. The Morgan fingerprint density at radius 1 is 1.11 bits per heavy atom. The summed E-state index contributed by atoms with van der Waals surface area (Å²) in [6.07, 6.45) is -4.67. The van der Waals surface area contributed by atoms with Crippen molar-refractivity contribution in [2.75, 3.05) is 0 Å². The fraction of sp³-hybridized carbons (Fsp3) is 0.231. The van der Waals surface area contributed by atoms with E-state index in [1.165, 1.54) is 23.5 Å². The molecule has 96 valence electrons. The molecule has 0 bridgehead atoms. The first-order chi connectivity index (χ1) is 8.47. The van der Waals surface area contributed by atoms with Crippen LogP contribution in [0.4, 0.5) is 13.2 Å². The van der Waals surface area contributed by atoms with Crippen LogP contribution in [-0.4, -0.2) is 5.11 Å². The van der Waals surface area contributed by atoms with Gasteiger partial charge in [0.15, 0.2) is 0 Å². The van der Waals surface area contributed by atoms with Gasteiger partial charge in [-0.15, -0.1) is 0 Å². The van der Waals surface area contributed by atoms with Gasteiger partial charge in [-0.25, -0.2) is 0 Å². The standard InChI is InChI=1S/C13H11F3OS/c14-13(15,16)11-3-1-9(2-4-11)7-12(17)10-5-6-18-8-10/h1-6,8,12,17H,7H2. The first-order valence-corrected chi connectivity index (χ1v) is 6.27. The second-order valence-corrected chi connectivity index (χ2v) is 4.75. The highest BCUT2D eigenvalue weighted by Gasteiger charge is 2.29. The van der Waals surface area contributed by atoms with Gasteiger partial charge in [0.05, 0.1) is 11.7 Å². The normalized spacial score (nSPS) is 13.6. The van der Waals surface area contributed by atoms with Crippen LogP contribution in [0.25, 0.3) is 0 Å². The highest BCUT2D eigenvalue weighted by Crippen LogP contribution is 2.29. The van der Waals surface area contributed by atoms with Crippen LogP contribution in [0.1, 0.15) is 22.8 Å². The van der Waals surface area contributed by atoms with Crippen LogP contribution in [0.5, 0.6) is 0 Å². The Bertz CT molecular complexity index is 488. The van der Waals surface area contributed by atoms with Crippen LogP contribution < -0.4 is 0 Å². The van der Waals surface area contributed by atoms with Gasteiger partial charge in [0.2, 0.25) is 0 Å². The molecule has 18 heavy (non-hydrogen) atoms. The minimum absolute atomic E-state index is 0.314. The molecule has 1 aromatic heterocycles. The Hall–Kier alpha value is -1.33. The summed E-state index contributed by atoms with van der Waals surface area (Å²) in [4.78, 5) is 0. The average Bonchev–Trinajstić information content (AvgIpc) is 2.82. The van der Waals surface area contributed by atoms with Crippen molar-refractivity contribution in [3.05, 3.63) is 57.8 Å². The topological polar surface area (TPSA) is 20.2 Å². The number of halogens is 3. The van der Waals surface area contributed by atoms with E-state index in [1.54, 1.807) is 6.07 Å². The molecule has 0 saturated heterocycles. The highest BCUT2D eigenvalue weighted by atomic mass is 32.1. The third kappa shape index (κ3) is 3.11. The predicted octanol–water partition coefficient (Wildman–Crippen LogP) is 4.04. The van der Waals surface area contributed by atoms with Crippen molar-refractivity contribution in [1.29, 1.82) is 0 Å². The zero-order valence-corrected chi connectivity index (χ0v) is 10.1. The Balaban J connectivity index is 2.07. The lowest BCUT2D eigenvalue weighted by Crippen LogP contribution is -2.05. The van der Waals surface area contributed by atoms with E-state index in [9.17, 15) is 18.3 Å². The zero-order valence-electron chi connectivity index (χ0n) is 9.32. The molecule has 0 aliphatic heterocycles. The van der Waals surface area contributed by atoms with Crippen LogP contribution in [0, 0.1) is 0 Å². The SMILES string of the molecule is OC(Cc1ccc(C(F)(F)F)cc1)c1ccsc1. The summed E-state index contributed by atoms with van der Waals surface area (Å²) in [6, 6.07) is 6.68. The lowest BCUT2D eigenvalue weighted by Gasteiger charge is -2.10. The van der Waals surface area contributed by atoms with Crippen LogP contribution in [0.3, 0.4) is 0 Å². The second-order valence-electron chi connectivity index (χ2n) is 3.97. The molecule has 1 atom stereocenters. The van der Waals surface area contributed by atoms with Gasteiger partial charge in [-0.3, -0.25) is 0 Å². The number of alkyl halides is 3. The van der Waals surface area contributed by atoms with Crippen molar-refractivity contribution in [3.8, 4) is 0 Å². The minimum Gasteiger partial charge on any atom is -0.388 e. The molecule has 5 heteroatoms. The van der Waals surface area contributed by atoms with Gasteiger partial charge in [-0.1, -0.05) is 12.1 Å². The van der Waals surface area contributed by atoms with E-state index in [2.05, 4.69) is 0 Å². The van der Waals surface area contributed by atoms with E-state index >= 15 is 0 Å². The molecule has 0 spiro atoms. The molecular formula is C13H11F3OS. The van der Waals surface area contributed by atoms with Gasteiger partial charge >= 0.3 is 6.18 Å². The molecule has 2 aromatic rings. The van der Waals surface area contributed by atoms with Crippen LogP contribution in [0.2, 0.25) is 0 Å². The van der Waals surface area contributed by atoms with Crippen LogP contribution >= 0.6 is 11.3 Å². The largest absolute Gasteiger partial charge is 0.416 e. The Labute approximate surface area is 107 Å². The van der Waals surface area contributed by atoms with Gasteiger partial charge in [0.1, 0.15) is 0 Å². The summed E-state index contributed by atoms with van der Waals surface area (Å²) in [5.74, 6) is 0. The van der Waals surface area contributed by atoms with E-state index in [-0.39, 0.29) is 0 Å². The number of thiophene rings is 1. The Morgan fingerprint density at radius 3 is 2.28 bits per heavy atom. The number of benzene rings is 1. The third-order valence-electron chi connectivity index (χ3n) is 2.64. The van der Waals surface area contributed by atoms with Gasteiger partial charge in [-0.2, -0.15) is 24.5 Å². The quantitative estimate of drug-likeness (QED) is 0.894. The number of rotatable bonds is 3. The van der Waals surface area contributed by atoms with E-state index < -0.39 is 17.8 Å². The molecule has 0 aliphatic rings. The van der Waals surface area contributed by atoms with Crippen LogP contribution in [0.15, 0.2) is 41.1 Å². The van der Waals surface area contributed by atoms with E-state index in [1.807, 2.05) is 10.8 Å². The first-order valence-electron chi connectivity index (χ1n) is 5.33. The molecule has 1 unspecified atom stereocenters. The van der Waals surface area contributed by atoms with Crippen molar-refractivity contribution >= 4 is 11.3 Å². The maximum atomic E-state index is 12.4. The molecule has 0 saturated carbocycles. The van der Waals surface area contributed by atoms with Crippen molar-refractivity contribution in [2.24, 2.45) is 0 Å². The van der Waals surface area contributed by atoms with Gasteiger partial charge < -0.3 is 5.11 Å². The summed E-state index contributed by atoms with van der Waals surface area (Å²) in [5.41, 5.74) is 0.804. The summed E-state index contributed by atoms with van der Waals surface area (Å²) in [7, 11) is 0. The van der Waals surface area contributed by atoms with Gasteiger partial charge in [0, 0.05) is 6.42 Å². The fourth-order valence-corrected chi connectivity index (χ4v) is 2.34. The van der Waals surface area contributed by atoms with Crippen LogP contribution in [-0.2, 0) is 12.6 Å². The molecule has 0 amide bonds. The molecule has 1 N–H and O–H groups in total. The maximum Gasteiger partial charge on any atom is 0.416 e. The molecule has 2 rings (SSSR count). The van der Waals surface area contributed by atoms with E-state index in [0.29, 0.717) is 12.0 Å². The first kappa shape index (κ1) is 13.1. The Kier molecular flexibility index (Phi) is 3.73. The predicted molar refractivity (Wildman–Crippen MR) is 64.4 cm³/mol. The smallest absolute Gasteiger partial charge is 0.388 e.